The molecule has 0 aliphatic carbocycles. The number of hydrogen-bond acceptors (Lipinski definition) is 3. The zero-order chi connectivity index (χ0) is 13.4. The highest BCUT2D eigenvalue weighted by Gasteiger charge is 2.04. The molecule has 1 heterocycles. The minimum atomic E-state index is -4.08. The average molecular weight is 274 g/mol. The molecule has 1 aromatic heterocycles. The summed E-state index contributed by atoms with van der Waals surface area (Å²) in [5.74, 6) is -0.290. The van der Waals surface area contributed by atoms with Gasteiger partial charge in [-0.3, -0.25) is 0 Å². The van der Waals surface area contributed by atoms with E-state index in [2.05, 4.69) is 11.5 Å². The molecule has 1 rings (SSSR count). The van der Waals surface area contributed by atoms with Crippen LogP contribution in [0.2, 0.25) is 0 Å². The first-order chi connectivity index (χ1) is 8.51. The number of imidazole rings is 1. The van der Waals surface area contributed by atoms with Crippen LogP contribution in [0.4, 0.5) is 0 Å². The Hall–Kier alpha value is -0.880. The normalized spacial score (nSPS) is 11.9. The van der Waals surface area contributed by atoms with Crippen LogP contribution in [0.5, 0.6) is 0 Å². The summed E-state index contributed by atoms with van der Waals surface area (Å²) >= 11 is 0. The minimum absolute atomic E-state index is 0.290. The van der Waals surface area contributed by atoms with Crippen LogP contribution in [0.1, 0.15) is 39.0 Å². The average Bonchev–Trinajstić information content (AvgIpc) is 2.71. The van der Waals surface area contributed by atoms with Gasteiger partial charge >= 0.3 is 0 Å². The lowest BCUT2D eigenvalue weighted by Crippen LogP contribution is -2.32. The van der Waals surface area contributed by atoms with Gasteiger partial charge in [0.15, 0.2) is 0 Å². The summed E-state index contributed by atoms with van der Waals surface area (Å²) in [7, 11) is -4.08. The quantitative estimate of drug-likeness (QED) is 0.387. The highest BCUT2D eigenvalue weighted by Crippen LogP contribution is 2.01. The van der Waals surface area contributed by atoms with Gasteiger partial charge in [0, 0.05) is 5.75 Å². The predicted octanol–water partition coefficient (Wildman–Crippen LogP) is 1.29. The molecule has 18 heavy (non-hydrogen) atoms. The number of nitrogens with zero attached hydrogens (tertiary/aromatic N) is 2. The Morgan fingerprint density at radius 3 is 2.67 bits per heavy atom. The van der Waals surface area contributed by atoms with Crippen molar-refractivity contribution in [3.63, 3.8) is 0 Å². The Kier molecular flexibility index (Phi) is 6.35. The van der Waals surface area contributed by atoms with Crippen molar-refractivity contribution < 1.29 is 17.5 Å². The molecule has 0 atom stereocenters. The Morgan fingerprint density at radius 1 is 1.22 bits per heavy atom. The van der Waals surface area contributed by atoms with E-state index >= 15 is 0 Å². The molecule has 0 saturated heterocycles. The molecule has 0 radical (unpaired) electrons. The van der Waals surface area contributed by atoms with Gasteiger partial charge in [-0.1, -0.05) is 19.8 Å². The van der Waals surface area contributed by atoms with Crippen molar-refractivity contribution in [1.29, 1.82) is 0 Å². The van der Waals surface area contributed by atoms with Gasteiger partial charge in [0.1, 0.15) is 12.4 Å². The topological polar surface area (TPSA) is 66.0 Å². The summed E-state index contributed by atoms with van der Waals surface area (Å²) < 4.78 is 35.4. The summed E-state index contributed by atoms with van der Waals surface area (Å²) in [6, 6.07) is 0. The fraction of sp³-hybridized carbons (Fsp3) is 0.750. The van der Waals surface area contributed by atoms with E-state index in [1.54, 1.807) is 0 Å². The van der Waals surface area contributed by atoms with Crippen LogP contribution in [0.15, 0.2) is 18.7 Å². The van der Waals surface area contributed by atoms with Crippen LogP contribution in [0.3, 0.4) is 0 Å². The minimum Gasteiger partial charge on any atom is -0.748 e. The van der Waals surface area contributed by atoms with Crippen molar-refractivity contribution in [2.24, 2.45) is 0 Å². The van der Waals surface area contributed by atoms with Gasteiger partial charge in [-0.05, 0) is 19.3 Å². The standard InChI is InChI=1S/C12H22N2O3S/c1-2-3-4-5-7-13-9-10-14(12-13)8-6-11-18(15,16)17/h9-10,12H,2-8,11H2,1H3. The third kappa shape index (κ3) is 6.76. The molecule has 0 aliphatic heterocycles. The van der Waals surface area contributed by atoms with Crippen LogP contribution in [0.25, 0.3) is 0 Å². The molecular formula is C12H22N2O3S. The van der Waals surface area contributed by atoms with Gasteiger partial charge < -0.3 is 4.55 Å². The summed E-state index contributed by atoms with van der Waals surface area (Å²) in [6.45, 7) is 3.75. The zero-order valence-electron chi connectivity index (χ0n) is 10.9. The summed E-state index contributed by atoms with van der Waals surface area (Å²) in [4.78, 5) is 0. The maximum absolute atomic E-state index is 10.5. The Bertz CT molecular complexity index is 440. The lowest BCUT2D eigenvalue weighted by molar-refractivity contribution is -0.696. The van der Waals surface area contributed by atoms with Gasteiger partial charge in [-0.25, -0.2) is 17.6 Å². The molecule has 0 amide bonds. The van der Waals surface area contributed by atoms with Crippen LogP contribution in [-0.4, -0.2) is 23.3 Å². The largest absolute Gasteiger partial charge is 0.748 e. The maximum atomic E-state index is 10.5. The van der Waals surface area contributed by atoms with Crippen molar-refractivity contribution in [3.8, 4) is 0 Å². The van der Waals surface area contributed by atoms with E-state index in [-0.39, 0.29) is 5.75 Å². The number of aryl methyl sites for hydroxylation is 2. The van der Waals surface area contributed by atoms with E-state index in [0.29, 0.717) is 13.0 Å². The molecule has 0 saturated carbocycles. The second-order valence-electron chi connectivity index (χ2n) is 4.57. The zero-order valence-corrected chi connectivity index (χ0v) is 11.7. The van der Waals surface area contributed by atoms with Gasteiger partial charge in [0.25, 0.3) is 0 Å². The fourth-order valence-corrected chi connectivity index (χ4v) is 2.33. The van der Waals surface area contributed by atoms with Gasteiger partial charge in [-0.2, -0.15) is 0 Å². The molecule has 1 aromatic rings. The molecule has 0 spiro atoms. The lowest BCUT2D eigenvalue weighted by Gasteiger charge is -2.04. The van der Waals surface area contributed by atoms with Gasteiger partial charge in [0.05, 0.1) is 23.2 Å². The molecule has 6 heteroatoms. The predicted molar refractivity (Wildman–Crippen MR) is 68.0 cm³/mol. The monoisotopic (exact) mass is 274 g/mol. The van der Waals surface area contributed by atoms with Crippen LogP contribution < -0.4 is 4.57 Å². The molecule has 5 nitrogen and oxygen atoms in total. The lowest BCUT2D eigenvalue weighted by atomic mass is 10.2. The van der Waals surface area contributed by atoms with E-state index in [4.69, 9.17) is 0 Å². The SMILES string of the molecule is CCCCCCn1cc[n+](CCCS(=O)(=O)[O-])c1. The van der Waals surface area contributed by atoms with E-state index in [0.717, 1.165) is 13.0 Å². The number of unbranched alkanes of at least 4 members (excludes halogenated alkanes) is 3. The van der Waals surface area contributed by atoms with E-state index in [1.165, 1.54) is 19.3 Å². The summed E-state index contributed by atoms with van der Waals surface area (Å²) in [5, 5.41) is 0. The second kappa shape index (κ2) is 7.53. The van der Waals surface area contributed by atoms with Gasteiger partial charge in [0.2, 0.25) is 6.33 Å². The first-order valence-electron chi connectivity index (χ1n) is 6.49. The molecule has 0 bridgehead atoms. The van der Waals surface area contributed by atoms with Crippen LogP contribution in [-0.2, 0) is 23.2 Å². The van der Waals surface area contributed by atoms with Crippen molar-refractivity contribution in [1.82, 2.24) is 4.57 Å². The van der Waals surface area contributed by atoms with Crippen molar-refractivity contribution in [2.75, 3.05) is 5.75 Å². The van der Waals surface area contributed by atoms with E-state index in [9.17, 15) is 13.0 Å². The molecule has 104 valence electrons. The first kappa shape index (κ1) is 15.2. The van der Waals surface area contributed by atoms with Gasteiger partial charge in [-0.15, -0.1) is 0 Å². The van der Waals surface area contributed by atoms with Crippen molar-refractivity contribution >= 4 is 10.1 Å². The number of hydrogen-bond donors (Lipinski definition) is 0. The molecule has 0 N–H and O–H groups in total. The molecule has 0 unspecified atom stereocenters. The summed E-state index contributed by atoms with van der Waals surface area (Å²) in [5.41, 5.74) is 0. The summed E-state index contributed by atoms with van der Waals surface area (Å²) in [6.07, 6.45) is 11.1. The van der Waals surface area contributed by atoms with E-state index in [1.807, 2.05) is 23.3 Å². The molecule has 0 aromatic carbocycles. The Morgan fingerprint density at radius 2 is 2.00 bits per heavy atom. The smallest absolute Gasteiger partial charge is 0.243 e. The Balaban J connectivity index is 2.26. The third-order valence-electron chi connectivity index (χ3n) is 2.83. The second-order valence-corrected chi connectivity index (χ2v) is 6.09. The number of rotatable bonds is 9. The van der Waals surface area contributed by atoms with E-state index < -0.39 is 10.1 Å². The molecular weight excluding hydrogens is 252 g/mol. The van der Waals surface area contributed by atoms with Crippen LogP contribution >= 0.6 is 0 Å². The van der Waals surface area contributed by atoms with Crippen molar-refractivity contribution in [2.45, 2.75) is 52.1 Å². The maximum Gasteiger partial charge on any atom is 0.243 e. The number of aromatic nitrogens is 2. The Labute approximate surface area is 109 Å². The highest BCUT2D eigenvalue weighted by atomic mass is 32.2. The molecule has 0 aliphatic rings. The fourth-order valence-electron chi connectivity index (χ4n) is 1.85. The van der Waals surface area contributed by atoms with Crippen molar-refractivity contribution in [3.05, 3.63) is 18.7 Å². The highest BCUT2D eigenvalue weighted by molar-refractivity contribution is 7.85. The third-order valence-corrected chi connectivity index (χ3v) is 3.62. The molecule has 0 fully saturated rings. The first-order valence-corrected chi connectivity index (χ1v) is 8.07. The van der Waals surface area contributed by atoms with Crippen LogP contribution in [0, 0.1) is 0 Å².